The largest absolute Gasteiger partial charge is 0.324 e. The molecule has 1 aliphatic heterocycles. The molecule has 1 heterocycles. The number of nitrogens with zero attached hydrogens (tertiary/aromatic N) is 2. The molecule has 18 heavy (non-hydrogen) atoms. The number of urea groups is 1. The minimum atomic E-state index is -0.279. The second kappa shape index (κ2) is 5.38. The van der Waals surface area contributed by atoms with Gasteiger partial charge in [-0.1, -0.05) is 13.8 Å². The molecule has 97 valence electrons. The molecule has 2 rings (SSSR count). The summed E-state index contributed by atoms with van der Waals surface area (Å²) in [6.07, 6.45) is 0.934. The lowest BCUT2D eigenvalue weighted by Gasteiger charge is -2.19. The molecular formula is C14H18FN2O. The number of benzene rings is 1. The van der Waals surface area contributed by atoms with Gasteiger partial charge in [0.2, 0.25) is 0 Å². The molecule has 1 aliphatic rings. The summed E-state index contributed by atoms with van der Waals surface area (Å²) < 4.78 is 12.8. The molecule has 0 spiro atoms. The summed E-state index contributed by atoms with van der Waals surface area (Å²) in [7, 11) is 0. The molecule has 1 radical (unpaired) electrons. The van der Waals surface area contributed by atoms with Gasteiger partial charge in [0.1, 0.15) is 5.82 Å². The number of amides is 2. The first-order valence-electron chi connectivity index (χ1n) is 6.19. The monoisotopic (exact) mass is 249 g/mol. The summed E-state index contributed by atoms with van der Waals surface area (Å²) in [5.41, 5.74) is 0.765. The highest BCUT2D eigenvalue weighted by molar-refractivity contribution is 5.94. The average molecular weight is 249 g/mol. The minimum absolute atomic E-state index is 0.0165. The van der Waals surface area contributed by atoms with Crippen LogP contribution in [0.2, 0.25) is 0 Å². The lowest BCUT2D eigenvalue weighted by atomic mass is 10.1. The fourth-order valence-electron chi connectivity index (χ4n) is 2.01. The van der Waals surface area contributed by atoms with E-state index in [4.69, 9.17) is 0 Å². The maximum atomic E-state index is 12.8. The topological polar surface area (TPSA) is 23.6 Å². The van der Waals surface area contributed by atoms with Crippen molar-refractivity contribution in [2.45, 2.75) is 20.3 Å². The lowest BCUT2D eigenvalue weighted by molar-refractivity contribution is 0.220. The summed E-state index contributed by atoms with van der Waals surface area (Å²) in [5.74, 6) is 1.04. The van der Waals surface area contributed by atoms with Gasteiger partial charge in [0.05, 0.1) is 0 Å². The van der Waals surface area contributed by atoms with Crippen molar-refractivity contribution in [3.05, 3.63) is 36.0 Å². The van der Waals surface area contributed by atoms with Gasteiger partial charge in [-0.3, -0.25) is 4.90 Å². The number of carbonyl (C=O) groups is 1. The molecule has 0 bridgehead atoms. The molecule has 0 saturated carbocycles. The van der Waals surface area contributed by atoms with Crippen molar-refractivity contribution in [3.63, 3.8) is 0 Å². The quantitative estimate of drug-likeness (QED) is 0.804. The van der Waals surface area contributed by atoms with Crippen LogP contribution >= 0.6 is 0 Å². The Labute approximate surface area is 107 Å². The van der Waals surface area contributed by atoms with Crippen LogP contribution in [0.3, 0.4) is 0 Å². The number of hydrogen-bond acceptors (Lipinski definition) is 1. The average Bonchev–Trinajstić information content (AvgIpc) is 2.69. The van der Waals surface area contributed by atoms with E-state index in [0.717, 1.165) is 25.2 Å². The van der Waals surface area contributed by atoms with Gasteiger partial charge >= 0.3 is 6.03 Å². The number of rotatable bonds is 4. The SMILES string of the molecule is C[C](C)CCN1CCN(c2ccc(F)cc2)C1=O. The van der Waals surface area contributed by atoms with E-state index < -0.39 is 0 Å². The number of carbonyl (C=O) groups excluding carboxylic acids is 1. The summed E-state index contributed by atoms with van der Waals surface area (Å²) in [5, 5.41) is 0. The van der Waals surface area contributed by atoms with Crippen molar-refractivity contribution in [1.82, 2.24) is 4.90 Å². The summed E-state index contributed by atoms with van der Waals surface area (Å²) in [6, 6.07) is 6.08. The van der Waals surface area contributed by atoms with E-state index in [2.05, 4.69) is 13.8 Å². The van der Waals surface area contributed by atoms with Crippen molar-refractivity contribution in [3.8, 4) is 0 Å². The van der Waals surface area contributed by atoms with Crippen LogP contribution in [-0.4, -0.2) is 30.6 Å². The summed E-state index contributed by atoms with van der Waals surface area (Å²) >= 11 is 0. The van der Waals surface area contributed by atoms with E-state index in [1.165, 1.54) is 18.1 Å². The van der Waals surface area contributed by atoms with Crippen molar-refractivity contribution < 1.29 is 9.18 Å². The summed E-state index contributed by atoms with van der Waals surface area (Å²) in [6.45, 7) is 6.31. The van der Waals surface area contributed by atoms with E-state index in [0.29, 0.717) is 6.54 Å². The van der Waals surface area contributed by atoms with Crippen molar-refractivity contribution >= 4 is 11.7 Å². The van der Waals surface area contributed by atoms with Crippen LogP contribution in [0, 0.1) is 11.7 Å². The minimum Gasteiger partial charge on any atom is -0.323 e. The third-order valence-corrected chi connectivity index (χ3v) is 3.11. The first-order valence-corrected chi connectivity index (χ1v) is 6.19. The van der Waals surface area contributed by atoms with Crippen LogP contribution in [0.4, 0.5) is 14.9 Å². The zero-order valence-electron chi connectivity index (χ0n) is 10.8. The molecule has 2 amide bonds. The van der Waals surface area contributed by atoms with Crippen molar-refractivity contribution in [1.29, 1.82) is 0 Å². The number of hydrogen-bond donors (Lipinski definition) is 0. The van der Waals surface area contributed by atoms with Gasteiger partial charge in [-0.15, -0.1) is 0 Å². The maximum Gasteiger partial charge on any atom is 0.324 e. The standard InChI is InChI=1S/C14H18FN2O/c1-11(2)7-8-16-9-10-17(14(16)18)13-5-3-12(15)4-6-13/h3-6H,7-10H2,1-2H3. The third-order valence-electron chi connectivity index (χ3n) is 3.11. The molecule has 0 unspecified atom stereocenters. The normalized spacial score (nSPS) is 15.9. The molecule has 3 nitrogen and oxygen atoms in total. The van der Waals surface area contributed by atoms with Gasteiger partial charge in [0.25, 0.3) is 0 Å². The Morgan fingerprint density at radius 2 is 1.89 bits per heavy atom. The maximum absolute atomic E-state index is 12.8. The molecule has 1 fully saturated rings. The van der Waals surface area contributed by atoms with Crippen LogP contribution in [-0.2, 0) is 0 Å². The van der Waals surface area contributed by atoms with Gasteiger partial charge in [-0.25, -0.2) is 9.18 Å². The van der Waals surface area contributed by atoms with Gasteiger partial charge in [-0.05, 0) is 36.6 Å². The Balaban J connectivity index is 2.00. The Morgan fingerprint density at radius 1 is 1.22 bits per heavy atom. The molecule has 1 aromatic rings. The first-order chi connectivity index (χ1) is 8.58. The van der Waals surface area contributed by atoms with E-state index in [9.17, 15) is 9.18 Å². The van der Waals surface area contributed by atoms with Crippen LogP contribution in [0.5, 0.6) is 0 Å². The predicted octanol–water partition coefficient (Wildman–Crippen LogP) is 3.07. The van der Waals surface area contributed by atoms with Crippen molar-refractivity contribution in [2.75, 3.05) is 24.5 Å². The zero-order valence-corrected chi connectivity index (χ0v) is 10.8. The van der Waals surface area contributed by atoms with Crippen LogP contribution in [0.25, 0.3) is 0 Å². The van der Waals surface area contributed by atoms with Crippen LogP contribution in [0.15, 0.2) is 24.3 Å². The highest BCUT2D eigenvalue weighted by Crippen LogP contribution is 2.21. The Morgan fingerprint density at radius 3 is 2.50 bits per heavy atom. The fraction of sp³-hybridized carbons (Fsp3) is 0.429. The van der Waals surface area contributed by atoms with Crippen LogP contribution < -0.4 is 4.90 Å². The number of halogens is 1. The van der Waals surface area contributed by atoms with Crippen LogP contribution in [0.1, 0.15) is 20.3 Å². The molecule has 0 aliphatic carbocycles. The second-order valence-electron chi connectivity index (χ2n) is 4.85. The Kier molecular flexibility index (Phi) is 3.84. The first kappa shape index (κ1) is 12.9. The molecule has 0 N–H and O–H groups in total. The highest BCUT2D eigenvalue weighted by Gasteiger charge is 2.29. The molecule has 0 aromatic heterocycles. The van der Waals surface area contributed by atoms with Crippen molar-refractivity contribution in [2.24, 2.45) is 0 Å². The Bertz CT molecular complexity index is 416. The molecular weight excluding hydrogens is 231 g/mol. The van der Waals surface area contributed by atoms with Gasteiger partial charge in [0, 0.05) is 25.3 Å². The molecule has 1 saturated heterocycles. The zero-order chi connectivity index (χ0) is 13.1. The number of anilines is 1. The molecule has 0 atom stereocenters. The van der Waals surface area contributed by atoms with E-state index >= 15 is 0 Å². The van der Waals surface area contributed by atoms with E-state index in [1.807, 2.05) is 4.90 Å². The lowest BCUT2D eigenvalue weighted by Crippen LogP contribution is -2.32. The molecule has 1 aromatic carbocycles. The molecule has 4 heteroatoms. The van der Waals surface area contributed by atoms with Gasteiger partial charge in [-0.2, -0.15) is 0 Å². The van der Waals surface area contributed by atoms with Gasteiger partial charge in [0.15, 0.2) is 0 Å². The fourth-order valence-corrected chi connectivity index (χ4v) is 2.01. The summed E-state index contributed by atoms with van der Waals surface area (Å²) in [4.78, 5) is 15.7. The third kappa shape index (κ3) is 2.81. The Hall–Kier alpha value is -1.58. The van der Waals surface area contributed by atoms with E-state index in [-0.39, 0.29) is 11.8 Å². The smallest absolute Gasteiger partial charge is 0.323 e. The second-order valence-corrected chi connectivity index (χ2v) is 4.85. The highest BCUT2D eigenvalue weighted by atomic mass is 19.1. The van der Waals surface area contributed by atoms with E-state index in [1.54, 1.807) is 17.0 Å². The van der Waals surface area contributed by atoms with Gasteiger partial charge < -0.3 is 4.90 Å². The predicted molar refractivity (Wildman–Crippen MR) is 69.9 cm³/mol.